The number of rotatable bonds is 8. The molecule has 2 N–H and O–H groups in total. The van der Waals surface area contributed by atoms with Gasteiger partial charge in [0.2, 0.25) is 0 Å². The van der Waals surface area contributed by atoms with Gasteiger partial charge in [-0.2, -0.15) is 0 Å². The normalized spacial score (nSPS) is 15.6. The molecule has 1 aliphatic carbocycles. The molecule has 1 aliphatic rings. The lowest BCUT2D eigenvalue weighted by Crippen LogP contribution is -2.29. The van der Waals surface area contributed by atoms with Crippen molar-refractivity contribution >= 4 is 28.9 Å². The number of ether oxygens (including phenoxy) is 2. The third-order valence-corrected chi connectivity index (χ3v) is 3.44. The molecule has 0 radical (unpaired) electrons. The van der Waals surface area contributed by atoms with E-state index >= 15 is 0 Å². The van der Waals surface area contributed by atoms with Gasteiger partial charge in [0.25, 0.3) is 5.91 Å². The van der Waals surface area contributed by atoms with Crippen LogP contribution >= 0.6 is 11.6 Å². The Morgan fingerprint density at radius 3 is 2.81 bits per heavy atom. The summed E-state index contributed by atoms with van der Waals surface area (Å²) in [6, 6.07) is 5.93. The Bertz CT molecular complexity index is 492. The molecule has 1 unspecified atom stereocenters. The molecular formula is C15H21ClN2O3. The second-order valence-corrected chi connectivity index (χ2v) is 5.54. The van der Waals surface area contributed by atoms with Gasteiger partial charge in [-0.15, -0.1) is 0 Å². The first-order valence-corrected chi connectivity index (χ1v) is 7.45. The highest BCUT2D eigenvalue weighted by Gasteiger charge is 2.23. The van der Waals surface area contributed by atoms with Crippen LogP contribution in [0.3, 0.4) is 0 Å². The van der Waals surface area contributed by atoms with Crippen molar-refractivity contribution in [3.63, 3.8) is 0 Å². The fourth-order valence-electron chi connectivity index (χ4n) is 1.81. The smallest absolute Gasteiger partial charge is 0.253 e. The van der Waals surface area contributed by atoms with Gasteiger partial charge in [0.15, 0.2) is 0 Å². The van der Waals surface area contributed by atoms with Gasteiger partial charge < -0.3 is 20.1 Å². The summed E-state index contributed by atoms with van der Waals surface area (Å²) in [5.41, 5.74) is 1.57. The number of amides is 1. The summed E-state index contributed by atoms with van der Waals surface area (Å²) >= 11 is 6.01. The van der Waals surface area contributed by atoms with Crippen LogP contribution in [0.15, 0.2) is 18.2 Å². The topological polar surface area (TPSA) is 59.6 Å². The van der Waals surface area contributed by atoms with E-state index in [9.17, 15) is 4.79 Å². The molecule has 0 heterocycles. The second kappa shape index (κ2) is 7.64. The zero-order valence-electron chi connectivity index (χ0n) is 12.3. The molecule has 116 valence electrons. The van der Waals surface area contributed by atoms with E-state index in [-0.39, 0.29) is 5.91 Å². The molecule has 1 aromatic carbocycles. The molecule has 0 aliphatic heterocycles. The van der Waals surface area contributed by atoms with Crippen molar-refractivity contribution in [2.75, 3.05) is 31.0 Å². The number of nitrogens with one attached hydrogen (secondary N) is 2. The summed E-state index contributed by atoms with van der Waals surface area (Å²) in [5, 5.41) is 6.82. The maximum Gasteiger partial charge on any atom is 0.253 e. The van der Waals surface area contributed by atoms with Gasteiger partial charge in [-0.05, 0) is 38.0 Å². The lowest BCUT2D eigenvalue weighted by Gasteiger charge is -2.16. The highest BCUT2D eigenvalue weighted by Crippen LogP contribution is 2.31. The maximum absolute atomic E-state index is 12.1. The molecule has 1 amide bonds. The van der Waals surface area contributed by atoms with Gasteiger partial charge >= 0.3 is 0 Å². The number of anilines is 2. The van der Waals surface area contributed by atoms with Crippen LogP contribution in [0, 0.1) is 0 Å². The van der Waals surface area contributed by atoms with E-state index in [4.69, 9.17) is 21.1 Å². The molecule has 21 heavy (non-hydrogen) atoms. The summed E-state index contributed by atoms with van der Waals surface area (Å²) in [5.74, 6) is -0.202. The SMILES string of the molecule is COCCOC(C)C(=O)Nc1cc(Cl)ccc1NC1CC1. The van der Waals surface area contributed by atoms with E-state index < -0.39 is 6.10 Å². The minimum absolute atomic E-state index is 0.202. The molecule has 0 bridgehead atoms. The lowest BCUT2D eigenvalue weighted by molar-refractivity contribution is -0.127. The van der Waals surface area contributed by atoms with Gasteiger partial charge in [-0.3, -0.25) is 4.79 Å². The van der Waals surface area contributed by atoms with Crippen molar-refractivity contribution in [2.45, 2.75) is 31.9 Å². The number of methoxy groups -OCH3 is 1. The Kier molecular flexibility index (Phi) is 5.85. The van der Waals surface area contributed by atoms with Crippen LogP contribution in [0.4, 0.5) is 11.4 Å². The van der Waals surface area contributed by atoms with E-state index in [1.54, 1.807) is 26.2 Å². The van der Waals surface area contributed by atoms with E-state index in [1.165, 1.54) is 0 Å². The van der Waals surface area contributed by atoms with Gasteiger partial charge in [0.05, 0.1) is 24.6 Å². The summed E-state index contributed by atoms with van der Waals surface area (Å²) < 4.78 is 10.3. The highest BCUT2D eigenvalue weighted by atomic mass is 35.5. The van der Waals surface area contributed by atoms with E-state index in [1.807, 2.05) is 6.07 Å². The van der Waals surface area contributed by atoms with Gasteiger partial charge in [-0.1, -0.05) is 11.6 Å². The minimum atomic E-state index is -0.548. The molecule has 1 saturated carbocycles. The number of benzene rings is 1. The zero-order valence-corrected chi connectivity index (χ0v) is 13.1. The Labute approximate surface area is 130 Å². The molecule has 1 atom stereocenters. The van der Waals surface area contributed by atoms with Crippen LogP contribution in [0.1, 0.15) is 19.8 Å². The third kappa shape index (κ3) is 5.19. The number of halogens is 1. The van der Waals surface area contributed by atoms with Gasteiger partial charge in [-0.25, -0.2) is 0 Å². The van der Waals surface area contributed by atoms with Crippen LogP contribution < -0.4 is 10.6 Å². The van der Waals surface area contributed by atoms with Crippen molar-refractivity contribution in [2.24, 2.45) is 0 Å². The van der Waals surface area contributed by atoms with Crippen LogP contribution in [0.25, 0.3) is 0 Å². The molecule has 0 spiro atoms. The first-order chi connectivity index (χ1) is 10.1. The Morgan fingerprint density at radius 2 is 2.14 bits per heavy atom. The lowest BCUT2D eigenvalue weighted by atomic mass is 10.2. The number of hydrogen-bond acceptors (Lipinski definition) is 4. The Morgan fingerprint density at radius 1 is 1.38 bits per heavy atom. The van der Waals surface area contributed by atoms with Crippen molar-refractivity contribution in [3.8, 4) is 0 Å². The largest absolute Gasteiger partial charge is 0.382 e. The highest BCUT2D eigenvalue weighted by molar-refractivity contribution is 6.31. The summed E-state index contributed by atoms with van der Waals surface area (Å²) in [6.45, 7) is 2.56. The average molecular weight is 313 g/mol. The molecular weight excluding hydrogens is 292 g/mol. The summed E-state index contributed by atoms with van der Waals surface area (Å²) in [6.07, 6.45) is 1.77. The standard InChI is InChI=1S/C15H21ClN2O3/c1-10(21-8-7-20-2)15(19)18-14-9-11(16)3-6-13(14)17-12-4-5-12/h3,6,9-10,12,17H,4-5,7-8H2,1-2H3,(H,18,19). The minimum Gasteiger partial charge on any atom is -0.382 e. The molecule has 2 rings (SSSR count). The third-order valence-electron chi connectivity index (χ3n) is 3.20. The van der Waals surface area contributed by atoms with Crippen LogP contribution in [-0.4, -0.2) is 38.4 Å². The van der Waals surface area contributed by atoms with Gasteiger partial charge in [0.1, 0.15) is 6.10 Å². The molecule has 1 fully saturated rings. The second-order valence-electron chi connectivity index (χ2n) is 5.10. The Hall–Kier alpha value is -1.30. The van der Waals surface area contributed by atoms with Crippen LogP contribution in [-0.2, 0) is 14.3 Å². The Balaban J connectivity index is 1.96. The van der Waals surface area contributed by atoms with Crippen LogP contribution in [0.2, 0.25) is 5.02 Å². The van der Waals surface area contributed by atoms with E-state index in [0.717, 1.165) is 18.5 Å². The molecule has 0 aromatic heterocycles. The predicted octanol–water partition coefficient (Wildman–Crippen LogP) is 2.90. The van der Waals surface area contributed by atoms with E-state index in [0.29, 0.717) is 30.0 Å². The molecule has 5 nitrogen and oxygen atoms in total. The molecule has 6 heteroatoms. The first kappa shape index (κ1) is 16.1. The van der Waals surface area contributed by atoms with Gasteiger partial charge in [0, 0.05) is 18.2 Å². The number of carbonyl (C=O) groups excluding carboxylic acids is 1. The zero-order chi connectivity index (χ0) is 15.2. The number of hydrogen-bond donors (Lipinski definition) is 2. The first-order valence-electron chi connectivity index (χ1n) is 7.07. The number of carbonyl (C=O) groups is 1. The average Bonchev–Trinajstić information content (AvgIpc) is 3.26. The monoisotopic (exact) mass is 312 g/mol. The summed E-state index contributed by atoms with van der Waals surface area (Å²) in [7, 11) is 1.59. The van der Waals surface area contributed by atoms with Crippen molar-refractivity contribution in [3.05, 3.63) is 23.2 Å². The fraction of sp³-hybridized carbons (Fsp3) is 0.533. The van der Waals surface area contributed by atoms with E-state index in [2.05, 4.69) is 10.6 Å². The summed E-state index contributed by atoms with van der Waals surface area (Å²) in [4.78, 5) is 12.1. The predicted molar refractivity (Wildman–Crippen MR) is 84.0 cm³/mol. The van der Waals surface area contributed by atoms with Crippen LogP contribution in [0.5, 0.6) is 0 Å². The van der Waals surface area contributed by atoms with Crippen molar-refractivity contribution in [1.29, 1.82) is 0 Å². The molecule has 1 aromatic rings. The van der Waals surface area contributed by atoms with Crippen molar-refractivity contribution < 1.29 is 14.3 Å². The fourth-order valence-corrected chi connectivity index (χ4v) is 1.98. The quantitative estimate of drug-likeness (QED) is 0.725. The van der Waals surface area contributed by atoms with Crippen molar-refractivity contribution in [1.82, 2.24) is 0 Å². The maximum atomic E-state index is 12.1. The molecule has 0 saturated heterocycles.